The summed E-state index contributed by atoms with van der Waals surface area (Å²) in [5, 5.41) is 5.39. The van der Waals surface area contributed by atoms with E-state index in [2.05, 4.69) is 27.5 Å². The molecule has 1 heterocycles. The van der Waals surface area contributed by atoms with Gasteiger partial charge in [-0.15, -0.1) is 0 Å². The van der Waals surface area contributed by atoms with E-state index in [0.717, 1.165) is 26.2 Å². The lowest BCUT2D eigenvalue weighted by molar-refractivity contribution is 0.0876. The molecular weight excluding hydrogens is 308 g/mol. The van der Waals surface area contributed by atoms with Gasteiger partial charge in [-0.2, -0.15) is 0 Å². The summed E-state index contributed by atoms with van der Waals surface area (Å²) >= 11 is 0. The Labute approximate surface area is 142 Å². The number of hydrogen-bond donors (Lipinski definition) is 2. The highest BCUT2D eigenvalue weighted by molar-refractivity contribution is 5.98. The van der Waals surface area contributed by atoms with Gasteiger partial charge >= 0.3 is 6.03 Å². The lowest BCUT2D eigenvalue weighted by atomic mass is 10.1. The molecular formula is C17H26N4O3. The topological polar surface area (TPSA) is 73.9 Å². The molecule has 0 aliphatic carbocycles. The number of methoxy groups -OCH3 is 1. The number of ether oxygens (including phenoxy) is 1. The molecule has 0 radical (unpaired) electrons. The third kappa shape index (κ3) is 5.92. The number of piperazine rings is 1. The van der Waals surface area contributed by atoms with Gasteiger partial charge in [0.2, 0.25) is 0 Å². The smallest absolute Gasteiger partial charge is 0.319 e. The van der Waals surface area contributed by atoms with Crippen molar-refractivity contribution < 1.29 is 14.3 Å². The molecule has 0 saturated carbocycles. The van der Waals surface area contributed by atoms with Gasteiger partial charge in [0.25, 0.3) is 0 Å². The number of amides is 2. The van der Waals surface area contributed by atoms with Gasteiger partial charge < -0.3 is 20.3 Å². The lowest BCUT2D eigenvalue weighted by Gasteiger charge is -2.31. The van der Waals surface area contributed by atoms with Crippen LogP contribution < -0.4 is 10.6 Å². The van der Waals surface area contributed by atoms with Gasteiger partial charge in [0.05, 0.1) is 13.2 Å². The lowest BCUT2D eigenvalue weighted by Crippen LogP contribution is -2.46. The molecule has 0 bridgehead atoms. The van der Waals surface area contributed by atoms with Crippen LogP contribution in [0.15, 0.2) is 24.3 Å². The predicted molar refractivity (Wildman–Crippen MR) is 93.6 cm³/mol. The van der Waals surface area contributed by atoms with E-state index in [1.165, 1.54) is 0 Å². The quantitative estimate of drug-likeness (QED) is 0.572. The van der Waals surface area contributed by atoms with E-state index >= 15 is 0 Å². The standard InChI is InChI=1S/C17H26N4O3/c1-20-8-10-21(11-9-20)13-16(22)14-3-5-15(6-4-14)19-17(23)18-7-12-24-2/h3-6H,7-13H2,1-2H3,(H2,18,19,23). The summed E-state index contributed by atoms with van der Waals surface area (Å²) in [5.41, 5.74) is 1.32. The van der Waals surface area contributed by atoms with E-state index in [1.807, 2.05) is 0 Å². The summed E-state index contributed by atoms with van der Waals surface area (Å²) in [4.78, 5) is 28.4. The maximum absolute atomic E-state index is 12.3. The number of anilines is 1. The van der Waals surface area contributed by atoms with Crippen molar-refractivity contribution in [3.05, 3.63) is 29.8 Å². The fourth-order valence-corrected chi connectivity index (χ4v) is 2.48. The largest absolute Gasteiger partial charge is 0.383 e. The van der Waals surface area contributed by atoms with E-state index in [9.17, 15) is 9.59 Å². The van der Waals surface area contributed by atoms with Crippen LogP contribution in [0.25, 0.3) is 0 Å². The highest BCUT2D eigenvalue weighted by Crippen LogP contribution is 2.11. The molecule has 0 atom stereocenters. The molecule has 1 aromatic rings. The van der Waals surface area contributed by atoms with Crippen LogP contribution in [0.4, 0.5) is 10.5 Å². The minimum absolute atomic E-state index is 0.107. The Morgan fingerprint density at radius 3 is 2.42 bits per heavy atom. The summed E-state index contributed by atoms with van der Waals surface area (Å²) in [6.45, 7) is 5.19. The Hall–Kier alpha value is -1.96. The van der Waals surface area contributed by atoms with E-state index in [1.54, 1.807) is 31.4 Å². The number of benzene rings is 1. The molecule has 1 aliphatic rings. The van der Waals surface area contributed by atoms with Gasteiger partial charge in [-0.3, -0.25) is 9.69 Å². The van der Waals surface area contributed by atoms with Crippen LogP contribution in [-0.2, 0) is 4.74 Å². The summed E-state index contributed by atoms with van der Waals surface area (Å²) in [6, 6.07) is 6.70. The highest BCUT2D eigenvalue weighted by atomic mass is 16.5. The SMILES string of the molecule is COCCNC(=O)Nc1ccc(C(=O)CN2CCN(C)CC2)cc1. The number of nitrogens with one attached hydrogen (secondary N) is 2. The van der Waals surface area contributed by atoms with Crippen molar-refractivity contribution in [2.24, 2.45) is 0 Å². The maximum Gasteiger partial charge on any atom is 0.319 e. The average molecular weight is 334 g/mol. The maximum atomic E-state index is 12.3. The molecule has 24 heavy (non-hydrogen) atoms. The zero-order chi connectivity index (χ0) is 17.4. The van der Waals surface area contributed by atoms with Crippen molar-refractivity contribution in [3.8, 4) is 0 Å². The van der Waals surface area contributed by atoms with Crippen molar-refractivity contribution >= 4 is 17.5 Å². The molecule has 1 saturated heterocycles. The summed E-state index contributed by atoms with van der Waals surface area (Å²) in [6.07, 6.45) is 0. The first-order valence-electron chi connectivity index (χ1n) is 8.16. The number of urea groups is 1. The Balaban J connectivity index is 1.80. The van der Waals surface area contributed by atoms with E-state index in [0.29, 0.717) is 30.9 Å². The van der Waals surface area contributed by atoms with E-state index < -0.39 is 0 Å². The van der Waals surface area contributed by atoms with Crippen LogP contribution in [0, 0.1) is 0 Å². The Kier molecular flexibility index (Phi) is 7.17. The normalized spacial score (nSPS) is 15.9. The van der Waals surface area contributed by atoms with Crippen molar-refractivity contribution in [2.45, 2.75) is 0 Å². The summed E-state index contributed by atoms with van der Waals surface area (Å²) in [5.74, 6) is 0.107. The molecule has 1 aromatic carbocycles. The fourth-order valence-electron chi connectivity index (χ4n) is 2.48. The second-order valence-electron chi connectivity index (χ2n) is 5.95. The molecule has 132 valence electrons. The van der Waals surface area contributed by atoms with Crippen molar-refractivity contribution in [3.63, 3.8) is 0 Å². The highest BCUT2D eigenvalue weighted by Gasteiger charge is 2.17. The van der Waals surface area contributed by atoms with Gasteiger partial charge in [0, 0.05) is 51.1 Å². The van der Waals surface area contributed by atoms with Crippen molar-refractivity contribution in [1.82, 2.24) is 15.1 Å². The Bertz CT molecular complexity index is 539. The van der Waals surface area contributed by atoms with Crippen LogP contribution in [0.2, 0.25) is 0 Å². The number of rotatable bonds is 7. The van der Waals surface area contributed by atoms with Crippen molar-refractivity contribution in [1.29, 1.82) is 0 Å². The number of carbonyl (C=O) groups excluding carboxylic acids is 2. The van der Waals surface area contributed by atoms with Gasteiger partial charge in [-0.05, 0) is 31.3 Å². The number of carbonyl (C=O) groups is 2. The van der Waals surface area contributed by atoms with Crippen molar-refractivity contribution in [2.75, 3.05) is 65.3 Å². The second-order valence-corrected chi connectivity index (χ2v) is 5.95. The predicted octanol–water partition coefficient (Wildman–Crippen LogP) is 0.885. The molecule has 1 fully saturated rings. The molecule has 1 aliphatic heterocycles. The van der Waals surface area contributed by atoms with Gasteiger partial charge in [-0.1, -0.05) is 0 Å². The van der Waals surface area contributed by atoms with Crippen LogP contribution in [0.3, 0.4) is 0 Å². The number of ketones is 1. The third-order valence-corrected chi connectivity index (χ3v) is 4.02. The minimum atomic E-state index is -0.288. The number of nitrogens with zero attached hydrogens (tertiary/aromatic N) is 2. The van der Waals surface area contributed by atoms with E-state index in [4.69, 9.17) is 4.74 Å². The average Bonchev–Trinajstić information content (AvgIpc) is 2.58. The number of likely N-dealkylation sites (N-methyl/N-ethyl adjacent to an activating group) is 1. The zero-order valence-corrected chi connectivity index (χ0v) is 14.4. The zero-order valence-electron chi connectivity index (χ0n) is 14.4. The Morgan fingerprint density at radius 2 is 1.79 bits per heavy atom. The molecule has 0 unspecified atom stereocenters. The molecule has 0 aromatic heterocycles. The second kappa shape index (κ2) is 9.36. The number of hydrogen-bond acceptors (Lipinski definition) is 5. The summed E-state index contributed by atoms with van der Waals surface area (Å²) in [7, 11) is 3.67. The molecule has 2 amide bonds. The van der Waals surface area contributed by atoms with Crippen LogP contribution in [0.5, 0.6) is 0 Å². The van der Waals surface area contributed by atoms with Gasteiger partial charge in [0.1, 0.15) is 0 Å². The third-order valence-electron chi connectivity index (χ3n) is 4.02. The van der Waals surface area contributed by atoms with Gasteiger partial charge in [0.15, 0.2) is 5.78 Å². The monoisotopic (exact) mass is 334 g/mol. The molecule has 2 rings (SSSR count). The molecule has 0 spiro atoms. The van der Waals surface area contributed by atoms with Crippen LogP contribution in [-0.4, -0.2) is 81.6 Å². The minimum Gasteiger partial charge on any atom is -0.383 e. The Morgan fingerprint density at radius 1 is 1.12 bits per heavy atom. The summed E-state index contributed by atoms with van der Waals surface area (Å²) < 4.78 is 4.87. The number of Topliss-reactive ketones (excluding diaryl/α,β-unsaturated/α-hetero) is 1. The van der Waals surface area contributed by atoms with Crippen LogP contribution in [0.1, 0.15) is 10.4 Å². The fraction of sp³-hybridized carbons (Fsp3) is 0.529. The molecule has 2 N–H and O–H groups in total. The van der Waals surface area contributed by atoms with Gasteiger partial charge in [-0.25, -0.2) is 4.79 Å². The molecule has 7 nitrogen and oxygen atoms in total. The first kappa shape index (κ1) is 18.4. The van der Waals surface area contributed by atoms with Crippen LogP contribution >= 0.6 is 0 Å². The first-order valence-corrected chi connectivity index (χ1v) is 8.16. The van der Waals surface area contributed by atoms with E-state index in [-0.39, 0.29) is 11.8 Å². The first-order chi connectivity index (χ1) is 11.6. The molecule has 7 heteroatoms.